The average molecular weight is 404 g/mol. The minimum atomic E-state index is 0.298. The molecule has 0 bridgehead atoms. The van der Waals surface area contributed by atoms with Crippen molar-refractivity contribution in [2.75, 3.05) is 41.0 Å². The van der Waals surface area contributed by atoms with Crippen molar-refractivity contribution >= 4 is 5.96 Å². The first kappa shape index (κ1) is 21.8. The predicted molar refractivity (Wildman–Crippen MR) is 117 cm³/mol. The van der Waals surface area contributed by atoms with Gasteiger partial charge in [-0.25, -0.2) is 0 Å². The SMILES string of the molecule is CN=C(NCc1cccc(OC)c1OC1CCCC1)N(C)CCC1CCOCC1. The van der Waals surface area contributed by atoms with Crippen LogP contribution in [0, 0.1) is 5.92 Å². The molecule has 1 aromatic rings. The van der Waals surface area contributed by atoms with Crippen LogP contribution in [0.1, 0.15) is 50.5 Å². The van der Waals surface area contributed by atoms with Crippen molar-refractivity contribution in [2.24, 2.45) is 10.9 Å². The molecule has 3 rings (SSSR count). The Morgan fingerprint density at radius 2 is 1.97 bits per heavy atom. The van der Waals surface area contributed by atoms with Crippen LogP contribution in [0.25, 0.3) is 0 Å². The van der Waals surface area contributed by atoms with E-state index in [0.717, 1.165) is 61.5 Å². The Morgan fingerprint density at radius 3 is 2.66 bits per heavy atom. The van der Waals surface area contributed by atoms with Crippen molar-refractivity contribution in [3.8, 4) is 11.5 Å². The summed E-state index contributed by atoms with van der Waals surface area (Å²) >= 11 is 0. The highest BCUT2D eigenvalue weighted by Crippen LogP contribution is 2.34. The fourth-order valence-electron chi connectivity index (χ4n) is 4.24. The van der Waals surface area contributed by atoms with E-state index in [9.17, 15) is 0 Å². The lowest BCUT2D eigenvalue weighted by atomic mass is 9.96. The van der Waals surface area contributed by atoms with Gasteiger partial charge in [0.1, 0.15) is 0 Å². The van der Waals surface area contributed by atoms with Gasteiger partial charge in [0.2, 0.25) is 0 Å². The minimum Gasteiger partial charge on any atom is -0.493 e. The second kappa shape index (κ2) is 11.3. The van der Waals surface area contributed by atoms with Crippen LogP contribution in [0.5, 0.6) is 11.5 Å². The van der Waals surface area contributed by atoms with Crippen molar-refractivity contribution in [1.82, 2.24) is 10.2 Å². The zero-order chi connectivity index (χ0) is 20.5. The van der Waals surface area contributed by atoms with E-state index in [1.54, 1.807) is 7.11 Å². The number of guanidine groups is 1. The molecule has 1 saturated heterocycles. The van der Waals surface area contributed by atoms with Gasteiger partial charge in [0, 0.05) is 46.0 Å². The van der Waals surface area contributed by atoms with Gasteiger partial charge in [-0.15, -0.1) is 0 Å². The highest BCUT2D eigenvalue weighted by atomic mass is 16.5. The van der Waals surface area contributed by atoms with E-state index < -0.39 is 0 Å². The number of benzene rings is 1. The molecular weight excluding hydrogens is 366 g/mol. The molecule has 0 aromatic heterocycles. The predicted octanol–water partition coefficient (Wildman–Crippen LogP) is 3.84. The lowest BCUT2D eigenvalue weighted by molar-refractivity contribution is 0.0625. The molecule has 0 spiro atoms. The molecule has 1 aliphatic carbocycles. The molecular formula is C23H37N3O3. The summed E-state index contributed by atoms with van der Waals surface area (Å²) in [5.74, 6) is 3.34. The summed E-state index contributed by atoms with van der Waals surface area (Å²) in [6, 6.07) is 6.10. The summed E-state index contributed by atoms with van der Waals surface area (Å²) in [7, 11) is 5.65. The minimum absolute atomic E-state index is 0.298. The number of hydrogen-bond acceptors (Lipinski definition) is 4. The number of aliphatic imine (C=N–C) groups is 1. The van der Waals surface area contributed by atoms with Crippen molar-refractivity contribution < 1.29 is 14.2 Å². The Bertz CT molecular complexity index is 653. The Balaban J connectivity index is 1.57. The molecule has 0 unspecified atom stereocenters. The molecule has 2 fully saturated rings. The number of para-hydroxylation sites is 1. The van der Waals surface area contributed by atoms with Crippen molar-refractivity contribution in [3.05, 3.63) is 23.8 Å². The van der Waals surface area contributed by atoms with Crippen molar-refractivity contribution in [2.45, 2.75) is 57.6 Å². The van der Waals surface area contributed by atoms with E-state index in [4.69, 9.17) is 14.2 Å². The summed E-state index contributed by atoms with van der Waals surface area (Å²) in [6.45, 7) is 3.46. The van der Waals surface area contributed by atoms with Crippen LogP contribution >= 0.6 is 0 Å². The van der Waals surface area contributed by atoms with Crippen LogP contribution in [0.2, 0.25) is 0 Å². The van der Waals surface area contributed by atoms with Gasteiger partial charge >= 0.3 is 0 Å². The van der Waals surface area contributed by atoms with Crippen LogP contribution in [0.3, 0.4) is 0 Å². The third-order valence-corrected chi connectivity index (χ3v) is 6.09. The number of hydrogen-bond donors (Lipinski definition) is 1. The number of methoxy groups -OCH3 is 1. The molecule has 1 aromatic carbocycles. The fraction of sp³-hybridized carbons (Fsp3) is 0.696. The van der Waals surface area contributed by atoms with Gasteiger partial charge in [0.25, 0.3) is 0 Å². The summed E-state index contributed by atoms with van der Waals surface area (Å²) < 4.78 is 17.4. The smallest absolute Gasteiger partial charge is 0.193 e. The third-order valence-electron chi connectivity index (χ3n) is 6.09. The van der Waals surface area contributed by atoms with Gasteiger partial charge < -0.3 is 24.4 Å². The van der Waals surface area contributed by atoms with Gasteiger partial charge in [-0.3, -0.25) is 4.99 Å². The molecule has 1 N–H and O–H groups in total. The van der Waals surface area contributed by atoms with Gasteiger partial charge in [0.15, 0.2) is 17.5 Å². The first-order valence-corrected chi connectivity index (χ1v) is 11.0. The Morgan fingerprint density at radius 1 is 1.21 bits per heavy atom. The monoisotopic (exact) mass is 403 g/mol. The second-order valence-electron chi connectivity index (χ2n) is 8.14. The van der Waals surface area contributed by atoms with E-state index in [-0.39, 0.29) is 0 Å². The van der Waals surface area contributed by atoms with Crippen LogP contribution in [0.15, 0.2) is 23.2 Å². The maximum absolute atomic E-state index is 6.35. The highest BCUT2D eigenvalue weighted by molar-refractivity contribution is 5.79. The van der Waals surface area contributed by atoms with Gasteiger partial charge in [-0.1, -0.05) is 12.1 Å². The van der Waals surface area contributed by atoms with E-state index in [1.807, 2.05) is 19.2 Å². The average Bonchev–Trinajstić information content (AvgIpc) is 3.27. The molecule has 29 heavy (non-hydrogen) atoms. The molecule has 162 valence electrons. The number of nitrogens with one attached hydrogen (secondary N) is 1. The summed E-state index contributed by atoms with van der Waals surface area (Å²) in [5.41, 5.74) is 1.11. The number of ether oxygens (including phenoxy) is 3. The largest absolute Gasteiger partial charge is 0.493 e. The van der Waals surface area contributed by atoms with E-state index >= 15 is 0 Å². The standard InChI is InChI=1S/C23H37N3O3/c1-24-23(26(2)14-11-18-12-15-28-16-13-18)25-17-19-7-6-10-21(27-3)22(19)29-20-8-4-5-9-20/h6-7,10,18,20H,4-5,8-9,11-17H2,1-3H3,(H,24,25). The quantitative estimate of drug-likeness (QED) is 0.528. The molecule has 0 amide bonds. The summed E-state index contributed by atoms with van der Waals surface area (Å²) in [6.07, 6.45) is 8.57. The van der Waals surface area contributed by atoms with Crippen LogP contribution in [-0.4, -0.2) is 57.9 Å². The van der Waals surface area contributed by atoms with Gasteiger partial charge in [-0.05, 0) is 56.9 Å². The normalized spacial score (nSPS) is 18.7. The molecule has 1 heterocycles. The number of nitrogens with zero attached hydrogens (tertiary/aromatic N) is 2. The zero-order valence-corrected chi connectivity index (χ0v) is 18.3. The van der Waals surface area contributed by atoms with E-state index in [0.29, 0.717) is 12.6 Å². The lowest BCUT2D eigenvalue weighted by Crippen LogP contribution is -2.39. The molecule has 6 heteroatoms. The van der Waals surface area contributed by atoms with Crippen molar-refractivity contribution in [3.63, 3.8) is 0 Å². The summed E-state index contributed by atoms with van der Waals surface area (Å²) in [5, 5.41) is 3.51. The van der Waals surface area contributed by atoms with Crippen molar-refractivity contribution in [1.29, 1.82) is 0 Å². The Hall–Kier alpha value is -1.95. The Labute approximate surface area is 175 Å². The third kappa shape index (κ3) is 6.26. The van der Waals surface area contributed by atoms with E-state index in [1.165, 1.54) is 32.1 Å². The molecule has 2 aliphatic rings. The maximum Gasteiger partial charge on any atom is 0.193 e. The first-order chi connectivity index (χ1) is 14.2. The summed E-state index contributed by atoms with van der Waals surface area (Å²) in [4.78, 5) is 6.69. The van der Waals surface area contributed by atoms with Crippen LogP contribution in [-0.2, 0) is 11.3 Å². The highest BCUT2D eigenvalue weighted by Gasteiger charge is 2.21. The molecule has 1 saturated carbocycles. The van der Waals surface area contributed by atoms with Gasteiger partial charge in [-0.2, -0.15) is 0 Å². The topological polar surface area (TPSA) is 55.3 Å². The molecule has 0 atom stereocenters. The van der Waals surface area contributed by atoms with Crippen LogP contribution in [0.4, 0.5) is 0 Å². The van der Waals surface area contributed by atoms with Crippen LogP contribution < -0.4 is 14.8 Å². The molecule has 6 nitrogen and oxygen atoms in total. The molecule has 1 aliphatic heterocycles. The number of rotatable bonds is 8. The zero-order valence-electron chi connectivity index (χ0n) is 18.3. The lowest BCUT2D eigenvalue weighted by Gasteiger charge is -2.27. The van der Waals surface area contributed by atoms with Gasteiger partial charge in [0.05, 0.1) is 13.2 Å². The second-order valence-corrected chi connectivity index (χ2v) is 8.14. The van der Waals surface area contributed by atoms with E-state index in [2.05, 4.69) is 28.3 Å². The maximum atomic E-state index is 6.35. The molecule has 0 radical (unpaired) electrons. The fourth-order valence-corrected chi connectivity index (χ4v) is 4.24. The first-order valence-electron chi connectivity index (χ1n) is 11.0. The Kier molecular flexibility index (Phi) is 8.47.